The monoisotopic (exact) mass is 329 g/mol. The maximum atomic E-state index is 12.9. The van der Waals surface area contributed by atoms with Gasteiger partial charge in [0.15, 0.2) is 0 Å². The number of pyridine rings is 1. The normalized spacial score (nSPS) is 13.2. The molecular formula is C19H24FN3O. The van der Waals surface area contributed by atoms with Gasteiger partial charge in [-0.1, -0.05) is 19.1 Å². The second-order valence-corrected chi connectivity index (χ2v) is 6.00. The lowest BCUT2D eigenvalue weighted by atomic mass is 10.0. The summed E-state index contributed by atoms with van der Waals surface area (Å²) in [6.45, 7) is 4.00. The first-order chi connectivity index (χ1) is 11.5. The molecule has 1 aromatic carbocycles. The number of hydrogen-bond donors (Lipinski definition) is 1. The topological polar surface area (TPSA) is 45.2 Å². The molecule has 24 heavy (non-hydrogen) atoms. The lowest BCUT2D eigenvalue weighted by Gasteiger charge is -2.29. The second-order valence-electron chi connectivity index (χ2n) is 6.00. The van der Waals surface area contributed by atoms with Crippen LogP contribution in [-0.2, 0) is 6.42 Å². The minimum atomic E-state index is -0.252. The molecule has 0 unspecified atom stereocenters. The van der Waals surface area contributed by atoms with Gasteiger partial charge in [0.1, 0.15) is 5.82 Å². The number of hydrogen-bond acceptors (Lipinski definition) is 2. The first-order valence-corrected chi connectivity index (χ1v) is 8.19. The molecule has 0 aliphatic carbocycles. The summed E-state index contributed by atoms with van der Waals surface area (Å²) in [5, 5.41) is 3.00. The summed E-state index contributed by atoms with van der Waals surface area (Å²) in [7, 11) is 1.80. The van der Waals surface area contributed by atoms with E-state index in [1.807, 2.05) is 19.1 Å². The number of benzene rings is 1. The molecule has 1 N–H and O–H groups in total. The summed E-state index contributed by atoms with van der Waals surface area (Å²) >= 11 is 0. The summed E-state index contributed by atoms with van der Waals surface area (Å²) in [4.78, 5) is 18.3. The smallest absolute Gasteiger partial charge is 0.317 e. The van der Waals surface area contributed by atoms with Crippen LogP contribution in [0.4, 0.5) is 9.18 Å². The highest BCUT2D eigenvalue weighted by Gasteiger charge is 2.21. The third kappa shape index (κ3) is 4.78. The first-order valence-electron chi connectivity index (χ1n) is 8.19. The SMILES string of the molecule is CC[C@@H](c1ccncc1)N(C)C(=O)N[C@H](C)Cc1ccc(F)cc1. The third-order valence-electron chi connectivity index (χ3n) is 4.09. The fraction of sp³-hybridized carbons (Fsp3) is 0.368. The van der Waals surface area contributed by atoms with Crippen molar-refractivity contribution in [1.82, 2.24) is 15.2 Å². The Bertz CT molecular complexity index is 645. The van der Waals surface area contributed by atoms with Gasteiger partial charge in [-0.2, -0.15) is 0 Å². The lowest BCUT2D eigenvalue weighted by Crippen LogP contribution is -2.44. The average Bonchev–Trinajstić information content (AvgIpc) is 2.58. The molecule has 0 spiro atoms. The van der Waals surface area contributed by atoms with Gasteiger partial charge in [-0.25, -0.2) is 9.18 Å². The van der Waals surface area contributed by atoms with E-state index in [1.165, 1.54) is 12.1 Å². The van der Waals surface area contributed by atoms with Crippen molar-refractivity contribution in [2.45, 2.75) is 38.8 Å². The van der Waals surface area contributed by atoms with Crippen LogP contribution >= 0.6 is 0 Å². The lowest BCUT2D eigenvalue weighted by molar-refractivity contribution is 0.185. The van der Waals surface area contributed by atoms with Gasteiger partial charge in [0.05, 0.1) is 6.04 Å². The van der Waals surface area contributed by atoms with Crippen molar-refractivity contribution in [1.29, 1.82) is 0 Å². The summed E-state index contributed by atoms with van der Waals surface area (Å²) in [6.07, 6.45) is 4.95. The molecule has 0 saturated carbocycles. The number of aromatic nitrogens is 1. The van der Waals surface area contributed by atoms with Crippen molar-refractivity contribution in [3.8, 4) is 0 Å². The quantitative estimate of drug-likeness (QED) is 0.872. The number of nitrogens with one attached hydrogen (secondary N) is 1. The van der Waals surface area contributed by atoms with Crippen LogP contribution in [-0.4, -0.2) is 29.0 Å². The Kier molecular flexibility index (Phi) is 6.29. The van der Waals surface area contributed by atoms with Gasteiger partial charge in [-0.05, 0) is 55.2 Å². The van der Waals surface area contributed by atoms with Crippen LogP contribution < -0.4 is 5.32 Å². The van der Waals surface area contributed by atoms with E-state index in [-0.39, 0.29) is 23.9 Å². The van der Waals surface area contributed by atoms with Crippen LogP contribution in [0.2, 0.25) is 0 Å². The molecule has 0 bridgehead atoms. The molecule has 5 heteroatoms. The predicted molar refractivity (Wildman–Crippen MR) is 93.1 cm³/mol. The van der Waals surface area contributed by atoms with E-state index in [0.717, 1.165) is 17.5 Å². The zero-order chi connectivity index (χ0) is 17.5. The van der Waals surface area contributed by atoms with Crippen molar-refractivity contribution in [2.75, 3.05) is 7.05 Å². The van der Waals surface area contributed by atoms with Crippen LogP contribution in [0.1, 0.15) is 37.4 Å². The van der Waals surface area contributed by atoms with Gasteiger partial charge < -0.3 is 10.2 Å². The molecule has 2 atom stereocenters. The highest BCUT2D eigenvalue weighted by Crippen LogP contribution is 2.22. The molecular weight excluding hydrogens is 305 g/mol. The van der Waals surface area contributed by atoms with Crippen LogP contribution in [0.5, 0.6) is 0 Å². The van der Waals surface area contributed by atoms with Crippen molar-refractivity contribution in [3.63, 3.8) is 0 Å². The Morgan fingerprint density at radius 3 is 2.42 bits per heavy atom. The van der Waals surface area contributed by atoms with Gasteiger partial charge in [-0.3, -0.25) is 4.98 Å². The van der Waals surface area contributed by atoms with Crippen LogP contribution in [0, 0.1) is 5.82 Å². The zero-order valence-corrected chi connectivity index (χ0v) is 14.4. The van der Waals surface area contributed by atoms with Crippen LogP contribution in [0.3, 0.4) is 0 Å². The number of rotatable bonds is 6. The van der Waals surface area contributed by atoms with E-state index in [1.54, 1.807) is 36.5 Å². The first kappa shape index (κ1) is 17.9. The summed E-state index contributed by atoms with van der Waals surface area (Å²) < 4.78 is 12.9. The van der Waals surface area contributed by atoms with Crippen molar-refractivity contribution in [3.05, 3.63) is 65.7 Å². The van der Waals surface area contributed by atoms with Gasteiger partial charge in [0.25, 0.3) is 0 Å². The second kappa shape index (κ2) is 8.43. The van der Waals surface area contributed by atoms with Gasteiger partial charge in [-0.15, -0.1) is 0 Å². The molecule has 2 amide bonds. The summed E-state index contributed by atoms with van der Waals surface area (Å²) in [5.74, 6) is -0.252. The van der Waals surface area contributed by atoms with E-state index in [4.69, 9.17) is 0 Å². The Morgan fingerprint density at radius 2 is 1.83 bits per heavy atom. The van der Waals surface area contributed by atoms with E-state index < -0.39 is 0 Å². The number of carbonyl (C=O) groups excluding carboxylic acids is 1. The van der Waals surface area contributed by atoms with E-state index in [0.29, 0.717) is 6.42 Å². The number of carbonyl (C=O) groups is 1. The number of amides is 2. The maximum absolute atomic E-state index is 12.9. The van der Waals surface area contributed by atoms with Crippen molar-refractivity contribution >= 4 is 6.03 Å². The van der Waals surface area contributed by atoms with Gasteiger partial charge >= 0.3 is 6.03 Å². The van der Waals surface area contributed by atoms with E-state index in [2.05, 4.69) is 17.2 Å². The predicted octanol–water partition coefficient (Wildman–Crippen LogP) is 3.94. The molecule has 2 aromatic rings. The van der Waals surface area contributed by atoms with E-state index in [9.17, 15) is 9.18 Å². The average molecular weight is 329 g/mol. The van der Waals surface area contributed by atoms with Crippen LogP contribution in [0.25, 0.3) is 0 Å². The Hall–Kier alpha value is -2.43. The third-order valence-corrected chi connectivity index (χ3v) is 4.09. The van der Waals surface area contributed by atoms with Crippen LogP contribution in [0.15, 0.2) is 48.8 Å². The maximum Gasteiger partial charge on any atom is 0.317 e. The van der Waals surface area contributed by atoms with Crippen molar-refractivity contribution < 1.29 is 9.18 Å². The molecule has 0 aliphatic rings. The molecule has 0 radical (unpaired) electrons. The number of halogens is 1. The Morgan fingerprint density at radius 1 is 1.21 bits per heavy atom. The molecule has 0 saturated heterocycles. The largest absolute Gasteiger partial charge is 0.335 e. The number of nitrogens with zero attached hydrogens (tertiary/aromatic N) is 2. The molecule has 2 rings (SSSR count). The highest BCUT2D eigenvalue weighted by molar-refractivity contribution is 5.74. The summed E-state index contributed by atoms with van der Waals surface area (Å²) in [6, 6.07) is 10.1. The molecule has 0 fully saturated rings. The zero-order valence-electron chi connectivity index (χ0n) is 14.4. The number of urea groups is 1. The highest BCUT2D eigenvalue weighted by atomic mass is 19.1. The fourth-order valence-corrected chi connectivity index (χ4v) is 2.80. The minimum Gasteiger partial charge on any atom is -0.335 e. The van der Waals surface area contributed by atoms with E-state index >= 15 is 0 Å². The molecule has 128 valence electrons. The fourth-order valence-electron chi connectivity index (χ4n) is 2.80. The summed E-state index contributed by atoms with van der Waals surface area (Å²) in [5.41, 5.74) is 2.06. The molecule has 1 heterocycles. The minimum absolute atomic E-state index is 0.00558. The van der Waals surface area contributed by atoms with Gasteiger partial charge in [0, 0.05) is 25.5 Å². The molecule has 4 nitrogen and oxygen atoms in total. The van der Waals surface area contributed by atoms with Crippen molar-refractivity contribution in [2.24, 2.45) is 0 Å². The molecule has 0 aliphatic heterocycles. The standard InChI is InChI=1S/C19H24FN3O/c1-4-18(16-9-11-21-12-10-16)23(3)19(24)22-14(2)13-15-5-7-17(20)8-6-15/h5-12,14,18H,4,13H2,1-3H3,(H,22,24)/t14-,18+/m1/s1. The molecule has 1 aromatic heterocycles. The Labute approximate surface area is 142 Å². The van der Waals surface area contributed by atoms with Gasteiger partial charge in [0.2, 0.25) is 0 Å². The Balaban J connectivity index is 1.95.